The molecule has 0 fully saturated rings. The van der Waals surface area contributed by atoms with Gasteiger partial charge in [-0.1, -0.05) is 18.5 Å². The summed E-state index contributed by atoms with van der Waals surface area (Å²) >= 11 is 5.94. The van der Waals surface area contributed by atoms with Crippen LogP contribution in [0, 0.1) is 0 Å². The van der Waals surface area contributed by atoms with E-state index in [1.54, 1.807) is 25.1 Å². The highest BCUT2D eigenvalue weighted by atomic mass is 35.5. The van der Waals surface area contributed by atoms with Crippen molar-refractivity contribution in [3.8, 4) is 0 Å². The van der Waals surface area contributed by atoms with Crippen molar-refractivity contribution in [1.29, 1.82) is 0 Å². The van der Waals surface area contributed by atoms with E-state index >= 15 is 0 Å². The van der Waals surface area contributed by atoms with E-state index in [-0.39, 0.29) is 16.4 Å². The van der Waals surface area contributed by atoms with Crippen LogP contribution in [-0.4, -0.2) is 37.1 Å². The summed E-state index contributed by atoms with van der Waals surface area (Å²) in [6.45, 7) is 3.37. The second-order valence-corrected chi connectivity index (χ2v) is 6.91. The van der Waals surface area contributed by atoms with Crippen molar-refractivity contribution in [2.75, 3.05) is 13.6 Å². The lowest BCUT2D eigenvalue weighted by Crippen LogP contribution is -2.27. The van der Waals surface area contributed by atoms with E-state index in [1.165, 1.54) is 18.3 Å². The highest BCUT2D eigenvalue weighted by Crippen LogP contribution is 2.31. The van der Waals surface area contributed by atoms with Crippen LogP contribution in [0.3, 0.4) is 0 Å². The Kier molecular flexibility index (Phi) is 3.90. The number of hydrogen-bond acceptors (Lipinski definition) is 3. The minimum atomic E-state index is -3.74. The first-order valence-electron chi connectivity index (χ1n) is 6.07. The molecule has 0 radical (unpaired) electrons. The van der Waals surface area contributed by atoms with Crippen LogP contribution in [0.4, 0.5) is 0 Å². The third-order valence-electron chi connectivity index (χ3n) is 3.18. The van der Waals surface area contributed by atoms with Gasteiger partial charge in [0.15, 0.2) is 5.78 Å². The molecular formula is C13H15ClN2O3S. The molecule has 1 heterocycles. The third kappa shape index (κ3) is 2.34. The number of carbonyl (C=O) groups excluding carboxylic acids is 1. The lowest BCUT2D eigenvalue weighted by molar-refractivity contribution is 0.101. The summed E-state index contributed by atoms with van der Waals surface area (Å²) < 4.78 is 26.4. The Labute approximate surface area is 122 Å². The van der Waals surface area contributed by atoms with E-state index in [2.05, 4.69) is 4.98 Å². The summed E-state index contributed by atoms with van der Waals surface area (Å²) in [5.74, 6) is -0.333. The Balaban J connectivity index is 2.88. The fourth-order valence-corrected chi connectivity index (χ4v) is 3.70. The summed E-state index contributed by atoms with van der Waals surface area (Å²) in [5, 5.41) is 0.852. The molecule has 2 aromatic rings. The number of ketones is 1. The van der Waals surface area contributed by atoms with Gasteiger partial charge >= 0.3 is 0 Å². The van der Waals surface area contributed by atoms with Crippen LogP contribution in [-0.2, 0) is 10.0 Å². The van der Waals surface area contributed by atoms with Gasteiger partial charge in [0.25, 0.3) is 0 Å². The summed E-state index contributed by atoms with van der Waals surface area (Å²) in [4.78, 5) is 14.6. The molecule has 2 rings (SSSR count). The molecule has 0 aliphatic rings. The molecule has 7 heteroatoms. The average Bonchev–Trinajstić information content (AvgIpc) is 2.76. The Morgan fingerprint density at radius 3 is 2.60 bits per heavy atom. The van der Waals surface area contributed by atoms with Gasteiger partial charge in [0.1, 0.15) is 10.6 Å². The molecule has 1 aromatic heterocycles. The van der Waals surface area contributed by atoms with Crippen molar-refractivity contribution in [2.24, 2.45) is 0 Å². The number of nitrogens with zero attached hydrogens (tertiary/aromatic N) is 1. The molecule has 0 aliphatic carbocycles. The smallest absolute Gasteiger partial charge is 0.245 e. The second-order valence-electron chi connectivity index (χ2n) is 4.49. The summed E-state index contributed by atoms with van der Waals surface area (Å²) in [5.41, 5.74) is 0.658. The molecule has 0 bridgehead atoms. The molecule has 0 aliphatic heterocycles. The highest BCUT2D eigenvalue weighted by molar-refractivity contribution is 7.89. The number of aromatic nitrogens is 1. The van der Waals surface area contributed by atoms with E-state index in [4.69, 9.17) is 11.6 Å². The zero-order valence-corrected chi connectivity index (χ0v) is 13.0. The van der Waals surface area contributed by atoms with Crippen LogP contribution in [0.25, 0.3) is 10.9 Å². The van der Waals surface area contributed by atoms with Gasteiger partial charge in [0.05, 0.1) is 0 Å². The maximum absolute atomic E-state index is 12.6. The monoisotopic (exact) mass is 314 g/mol. The van der Waals surface area contributed by atoms with Gasteiger partial charge in [-0.3, -0.25) is 4.79 Å². The molecule has 5 nitrogen and oxygen atoms in total. The number of fused-ring (bicyclic) bond motifs is 1. The fraction of sp³-hybridized carbons (Fsp3) is 0.308. The minimum Gasteiger partial charge on any atom is -0.351 e. The topological polar surface area (TPSA) is 70.2 Å². The van der Waals surface area contributed by atoms with Crippen LogP contribution in [0.2, 0.25) is 5.02 Å². The van der Waals surface area contributed by atoms with Crippen molar-refractivity contribution in [1.82, 2.24) is 9.29 Å². The van der Waals surface area contributed by atoms with E-state index in [0.29, 0.717) is 22.5 Å². The second kappa shape index (κ2) is 5.20. The zero-order chi connectivity index (χ0) is 15.1. The summed E-state index contributed by atoms with van der Waals surface area (Å²) in [6, 6.07) is 4.86. The number of Topliss-reactive ketones (excluding diaryl/α,β-unsaturated/α-hetero) is 1. The lowest BCUT2D eigenvalue weighted by atomic mass is 10.2. The van der Waals surface area contributed by atoms with Crippen LogP contribution in [0.5, 0.6) is 0 Å². The lowest BCUT2D eigenvalue weighted by Gasteiger charge is -2.15. The molecule has 1 aromatic carbocycles. The predicted octanol–water partition coefficient (Wildman–Crippen LogP) is 2.66. The first-order valence-corrected chi connectivity index (χ1v) is 7.89. The first kappa shape index (κ1) is 15.0. The van der Waals surface area contributed by atoms with Gasteiger partial charge in [0, 0.05) is 36.4 Å². The Morgan fingerprint density at radius 2 is 2.05 bits per heavy atom. The Hall–Kier alpha value is -1.37. The van der Waals surface area contributed by atoms with Crippen molar-refractivity contribution >= 4 is 38.3 Å². The van der Waals surface area contributed by atoms with E-state index < -0.39 is 10.0 Å². The molecule has 108 valence electrons. The fourth-order valence-electron chi connectivity index (χ4n) is 1.98. The average molecular weight is 315 g/mol. The molecule has 0 atom stereocenters. The minimum absolute atomic E-state index is 0.00755. The van der Waals surface area contributed by atoms with Crippen LogP contribution >= 0.6 is 11.6 Å². The number of rotatable bonds is 4. The number of benzene rings is 1. The van der Waals surface area contributed by atoms with Crippen molar-refractivity contribution in [3.63, 3.8) is 0 Å². The predicted molar refractivity (Wildman–Crippen MR) is 78.8 cm³/mol. The van der Waals surface area contributed by atoms with E-state index in [1.807, 2.05) is 0 Å². The van der Waals surface area contributed by atoms with Gasteiger partial charge in [-0.15, -0.1) is 0 Å². The molecule has 0 unspecified atom stereocenters. The number of carbonyl (C=O) groups is 1. The van der Waals surface area contributed by atoms with Gasteiger partial charge in [-0.25, -0.2) is 12.7 Å². The van der Waals surface area contributed by atoms with Crippen molar-refractivity contribution in [3.05, 3.63) is 28.9 Å². The van der Waals surface area contributed by atoms with Crippen LogP contribution < -0.4 is 0 Å². The third-order valence-corrected chi connectivity index (χ3v) is 5.43. The summed E-state index contributed by atoms with van der Waals surface area (Å²) in [7, 11) is -2.27. The summed E-state index contributed by atoms with van der Waals surface area (Å²) in [6.07, 6.45) is 0. The molecular weight excluding hydrogens is 300 g/mol. The maximum atomic E-state index is 12.6. The van der Waals surface area contributed by atoms with Gasteiger partial charge in [-0.2, -0.15) is 0 Å². The molecule has 20 heavy (non-hydrogen) atoms. The van der Waals surface area contributed by atoms with Crippen molar-refractivity contribution in [2.45, 2.75) is 18.7 Å². The largest absolute Gasteiger partial charge is 0.351 e. The SMILES string of the molecule is CCN(C)S(=O)(=O)c1c(C(C)=O)[nH]c2ccc(Cl)cc12. The van der Waals surface area contributed by atoms with E-state index in [0.717, 1.165) is 0 Å². The highest BCUT2D eigenvalue weighted by Gasteiger charge is 2.29. The molecule has 0 spiro atoms. The number of H-pyrrole nitrogens is 1. The maximum Gasteiger partial charge on any atom is 0.245 e. The molecule has 0 saturated carbocycles. The Morgan fingerprint density at radius 1 is 1.40 bits per heavy atom. The zero-order valence-electron chi connectivity index (χ0n) is 11.4. The van der Waals surface area contributed by atoms with Crippen LogP contribution in [0.15, 0.2) is 23.1 Å². The number of aromatic amines is 1. The number of halogens is 1. The van der Waals surface area contributed by atoms with Gasteiger partial charge < -0.3 is 4.98 Å². The first-order chi connectivity index (χ1) is 9.28. The molecule has 0 amide bonds. The number of hydrogen-bond donors (Lipinski definition) is 1. The standard InChI is InChI=1S/C13H15ClN2O3S/c1-4-16(3)20(18,19)13-10-7-9(14)5-6-11(10)15-12(13)8(2)17/h5-7,15H,4H2,1-3H3. The van der Waals surface area contributed by atoms with Gasteiger partial charge in [0.2, 0.25) is 10.0 Å². The van der Waals surface area contributed by atoms with Gasteiger partial charge in [-0.05, 0) is 18.2 Å². The number of nitrogens with one attached hydrogen (secondary N) is 1. The Bertz CT molecular complexity index is 780. The van der Waals surface area contributed by atoms with Crippen LogP contribution in [0.1, 0.15) is 24.3 Å². The van der Waals surface area contributed by atoms with Crippen molar-refractivity contribution < 1.29 is 13.2 Å². The quantitative estimate of drug-likeness (QED) is 0.882. The number of sulfonamides is 1. The molecule has 1 N–H and O–H groups in total. The molecule has 0 saturated heterocycles. The van der Waals surface area contributed by atoms with E-state index in [9.17, 15) is 13.2 Å². The normalized spacial score (nSPS) is 12.2.